The molecular weight excluding hydrogens is 512 g/mol. The summed E-state index contributed by atoms with van der Waals surface area (Å²) in [6.45, 7) is 0. The summed E-state index contributed by atoms with van der Waals surface area (Å²) in [5.74, 6) is 0. The summed E-state index contributed by atoms with van der Waals surface area (Å²) in [5.41, 5.74) is 9.47. The lowest BCUT2D eigenvalue weighted by Crippen LogP contribution is -2.09. The molecule has 198 valence electrons. The monoisotopic (exact) mass is 538 g/mol. The number of pyridine rings is 1. The molecule has 0 aliphatic rings. The van der Waals surface area contributed by atoms with Crippen LogP contribution in [0.3, 0.4) is 0 Å². The van der Waals surface area contributed by atoms with E-state index in [9.17, 15) is 0 Å². The molecule has 0 unspecified atom stereocenters. The third kappa shape index (κ3) is 4.20. The molecule has 8 aromatic rings. The van der Waals surface area contributed by atoms with E-state index in [0.717, 1.165) is 50.1 Å². The molecule has 0 aliphatic carbocycles. The van der Waals surface area contributed by atoms with Gasteiger partial charge in [-0.2, -0.15) is 0 Å². The minimum absolute atomic E-state index is 0.864. The largest absolute Gasteiger partial charge is 0.455 e. The van der Waals surface area contributed by atoms with Crippen LogP contribution in [0.15, 0.2) is 162 Å². The van der Waals surface area contributed by atoms with Crippen LogP contribution >= 0.6 is 0 Å². The van der Waals surface area contributed by atoms with Crippen molar-refractivity contribution in [2.24, 2.45) is 0 Å². The molecule has 0 N–H and O–H groups in total. The molecule has 0 spiro atoms. The molecule has 0 saturated heterocycles. The van der Waals surface area contributed by atoms with Gasteiger partial charge in [0.2, 0.25) is 0 Å². The van der Waals surface area contributed by atoms with Crippen molar-refractivity contribution in [1.29, 1.82) is 0 Å². The number of furan rings is 1. The lowest BCUT2D eigenvalue weighted by molar-refractivity contribution is 0.669. The topological polar surface area (TPSA) is 29.3 Å². The molecule has 0 bridgehead atoms. The molecule has 0 amide bonds. The van der Waals surface area contributed by atoms with Gasteiger partial charge in [0.05, 0.1) is 0 Å². The normalized spacial score (nSPS) is 11.3. The highest BCUT2D eigenvalue weighted by Gasteiger charge is 2.15. The van der Waals surface area contributed by atoms with Crippen LogP contribution in [-0.2, 0) is 0 Å². The Morgan fingerprint density at radius 3 is 1.86 bits per heavy atom. The van der Waals surface area contributed by atoms with E-state index < -0.39 is 0 Å². The average Bonchev–Trinajstić information content (AvgIpc) is 3.45. The zero-order valence-electron chi connectivity index (χ0n) is 22.8. The van der Waals surface area contributed by atoms with Gasteiger partial charge in [-0.1, -0.05) is 97.1 Å². The van der Waals surface area contributed by atoms with Crippen molar-refractivity contribution >= 4 is 49.8 Å². The van der Waals surface area contributed by atoms with Gasteiger partial charge in [0.1, 0.15) is 11.2 Å². The van der Waals surface area contributed by atoms with Gasteiger partial charge in [0.25, 0.3) is 0 Å². The van der Waals surface area contributed by atoms with Gasteiger partial charge in [-0.05, 0) is 76.0 Å². The van der Waals surface area contributed by atoms with Gasteiger partial charge in [0.15, 0.2) is 0 Å². The maximum absolute atomic E-state index is 6.28. The van der Waals surface area contributed by atoms with Crippen molar-refractivity contribution in [1.82, 2.24) is 4.98 Å². The van der Waals surface area contributed by atoms with E-state index in [1.54, 1.807) is 0 Å². The summed E-state index contributed by atoms with van der Waals surface area (Å²) in [6.07, 6.45) is 3.78. The first-order valence-corrected chi connectivity index (χ1v) is 14.1. The number of hydrogen-bond donors (Lipinski definition) is 0. The van der Waals surface area contributed by atoms with Crippen LogP contribution in [0, 0.1) is 0 Å². The Labute approximate surface area is 243 Å². The van der Waals surface area contributed by atoms with Gasteiger partial charge >= 0.3 is 0 Å². The SMILES string of the molecule is c1ccc(N(c2ccc(-c3ccc4ccccc4c3)cc2)c2ccc(-c3cncc4c3oc3ccccc34)cc2)cc1. The number of anilines is 3. The number of aromatic nitrogens is 1. The van der Waals surface area contributed by atoms with E-state index in [4.69, 9.17) is 4.42 Å². The average molecular weight is 539 g/mol. The second kappa shape index (κ2) is 10.1. The van der Waals surface area contributed by atoms with Crippen molar-refractivity contribution in [3.63, 3.8) is 0 Å². The highest BCUT2D eigenvalue weighted by atomic mass is 16.3. The minimum Gasteiger partial charge on any atom is -0.455 e. The summed E-state index contributed by atoms with van der Waals surface area (Å²) in [7, 11) is 0. The Bertz CT molecular complexity index is 2180. The molecule has 2 aromatic heterocycles. The summed E-state index contributed by atoms with van der Waals surface area (Å²) >= 11 is 0. The zero-order valence-corrected chi connectivity index (χ0v) is 22.8. The van der Waals surface area contributed by atoms with Gasteiger partial charge in [-0.15, -0.1) is 0 Å². The van der Waals surface area contributed by atoms with Crippen LogP contribution < -0.4 is 4.90 Å². The molecule has 0 radical (unpaired) electrons. The Morgan fingerprint density at radius 1 is 0.452 bits per heavy atom. The van der Waals surface area contributed by atoms with E-state index in [1.165, 1.54) is 21.9 Å². The van der Waals surface area contributed by atoms with Gasteiger partial charge in [0, 0.05) is 45.8 Å². The van der Waals surface area contributed by atoms with E-state index in [1.807, 2.05) is 30.6 Å². The lowest BCUT2D eigenvalue weighted by Gasteiger charge is -2.26. The predicted octanol–water partition coefficient (Wildman–Crippen LogP) is 10.9. The lowest BCUT2D eigenvalue weighted by atomic mass is 10.0. The Hall–Kier alpha value is -5.67. The Kier molecular flexibility index (Phi) is 5.79. The number of rotatable bonds is 5. The van der Waals surface area contributed by atoms with Gasteiger partial charge in [-0.3, -0.25) is 4.98 Å². The second-order valence-electron chi connectivity index (χ2n) is 10.5. The van der Waals surface area contributed by atoms with Crippen molar-refractivity contribution in [3.8, 4) is 22.3 Å². The van der Waals surface area contributed by atoms with E-state index in [2.05, 4.69) is 137 Å². The molecule has 2 heterocycles. The number of nitrogens with zero attached hydrogens (tertiary/aromatic N) is 2. The number of hydrogen-bond acceptors (Lipinski definition) is 3. The minimum atomic E-state index is 0.864. The fourth-order valence-corrected chi connectivity index (χ4v) is 5.83. The molecule has 0 fully saturated rings. The Morgan fingerprint density at radius 2 is 1.07 bits per heavy atom. The van der Waals surface area contributed by atoms with Crippen LogP contribution in [-0.4, -0.2) is 4.98 Å². The number of para-hydroxylation sites is 2. The molecule has 3 heteroatoms. The van der Waals surface area contributed by atoms with Crippen LogP contribution in [0.4, 0.5) is 17.1 Å². The quantitative estimate of drug-likeness (QED) is 0.218. The number of fused-ring (bicyclic) bond motifs is 4. The first-order chi connectivity index (χ1) is 20.8. The summed E-state index contributed by atoms with van der Waals surface area (Å²) in [5, 5.41) is 4.62. The molecule has 0 saturated carbocycles. The maximum Gasteiger partial charge on any atom is 0.146 e. The van der Waals surface area contributed by atoms with Crippen molar-refractivity contribution < 1.29 is 4.42 Å². The van der Waals surface area contributed by atoms with E-state index in [0.29, 0.717) is 0 Å². The molecule has 6 aromatic carbocycles. The molecule has 8 rings (SSSR count). The van der Waals surface area contributed by atoms with E-state index in [-0.39, 0.29) is 0 Å². The fraction of sp³-hybridized carbons (Fsp3) is 0. The van der Waals surface area contributed by atoms with E-state index >= 15 is 0 Å². The number of benzene rings is 6. The smallest absolute Gasteiger partial charge is 0.146 e. The third-order valence-electron chi connectivity index (χ3n) is 7.94. The highest BCUT2D eigenvalue weighted by molar-refractivity contribution is 6.09. The third-order valence-corrected chi connectivity index (χ3v) is 7.94. The predicted molar refractivity (Wildman–Crippen MR) is 175 cm³/mol. The van der Waals surface area contributed by atoms with Crippen LogP contribution in [0.2, 0.25) is 0 Å². The summed E-state index contributed by atoms with van der Waals surface area (Å²) in [4.78, 5) is 6.83. The summed E-state index contributed by atoms with van der Waals surface area (Å²) < 4.78 is 6.28. The fourth-order valence-electron chi connectivity index (χ4n) is 5.83. The first-order valence-electron chi connectivity index (χ1n) is 14.1. The van der Waals surface area contributed by atoms with Crippen molar-refractivity contribution in [3.05, 3.63) is 158 Å². The summed E-state index contributed by atoms with van der Waals surface area (Å²) in [6, 6.07) is 51.2. The molecule has 0 aliphatic heterocycles. The molecule has 3 nitrogen and oxygen atoms in total. The van der Waals surface area contributed by atoms with Crippen molar-refractivity contribution in [2.75, 3.05) is 4.90 Å². The standard InChI is InChI=1S/C39H26N2O/c1-2-10-32(11-3-1)41(33-20-16-28(17-21-33)31-15-14-27-8-4-5-9-30(27)24-31)34-22-18-29(19-23-34)36-25-40-26-37-35-12-6-7-13-38(35)42-39(36)37/h1-26H. The zero-order chi connectivity index (χ0) is 27.9. The first kappa shape index (κ1) is 24.2. The Balaban J connectivity index is 1.17. The second-order valence-corrected chi connectivity index (χ2v) is 10.5. The molecule has 42 heavy (non-hydrogen) atoms. The molecular formula is C39H26N2O. The highest BCUT2D eigenvalue weighted by Crippen LogP contribution is 2.39. The van der Waals surface area contributed by atoms with Gasteiger partial charge in [-0.25, -0.2) is 0 Å². The van der Waals surface area contributed by atoms with Crippen LogP contribution in [0.5, 0.6) is 0 Å². The van der Waals surface area contributed by atoms with Crippen LogP contribution in [0.1, 0.15) is 0 Å². The maximum atomic E-state index is 6.28. The molecule has 0 atom stereocenters. The van der Waals surface area contributed by atoms with Gasteiger partial charge < -0.3 is 9.32 Å². The van der Waals surface area contributed by atoms with Crippen molar-refractivity contribution in [2.45, 2.75) is 0 Å². The van der Waals surface area contributed by atoms with Crippen LogP contribution in [0.25, 0.3) is 55.0 Å².